The Bertz CT molecular complexity index is 481. The van der Waals surface area contributed by atoms with Gasteiger partial charge in [0.25, 0.3) is 0 Å². The summed E-state index contributed by atoms with van der Waals surface area (Å²) in [4.78, 5) is 14.6. The minimum Gasteiger partial charge on any atom is -0.496 e. The predicted molar refractivity (Wildman–Crippen MR) is 79.4 cm³/mol. The number of benzene rings is 1. The number of hydrogen-bond donors (Lipinski definition) is 1. The number of carbonyl (C=O) groups excluding carboxylic acids is 1. The summed E-state index contributed by atoms with van der Waals surface area (Å²) in [5, 5.41) is 0. The normalized spacial score (nSPS) is 17.4. The van der Waals surface area contributed by atoms with Gasteiger partial charge in [-0.2, -0.15) is 0 Å². The number of nitrogens with zero attached hydrogens (tertiary/aromatic N) is 1. The molecule has 0 radical (unpaired) electrons. The Labute approximate surface area is 120 Å². The molecule has 0 bridgehead atoms. The van der Waals surface area contributed by atoms with Crippen LogP contribution in [-0.4, -0.2) is 29.5 Å². The molecule has 0 spiro atoms. The number of nitrogens with two attached hydrogens (primary N) is 1. The maximum atomic E-state index is 12.6. The van der Waals surface area contributed by atoms with Crippen molar-refractivity contribution < 1.29 is 9.53 Å². The van der Waals surface area contributed by atoms with Gasteiger partial charge in [-0.3, -0.25) is 4.79 Å². The largest absolute Gasteiger partial charge is 0.496 e. The van der Waals surface area contributed by atoms with Crippen LogP contribution in [0, 0.1) is 0 Å². The van der Waals surface area contributed by atoms with Crippen molar-refractivity contribution in [1.29, 1.82) is 0 Å². The highest BCUT2D eigenvalue weighted by molar-refractivity contribution is 5.86. The molecule has 4 nitrogen and oxygen atoms in total. The van der Waals surface area contributed by atoms with Crippen molar-refractivity contribution in [1.82, 2.24) is 4.90 Å². The molecule has 0 aliphatic heterocycles. The average Bonchev–Trinajstić information content (AvgIpc) is 3.29. The summed E-state index contributed by atoms with van der Waals surface area (Å²) in [7, 11) is 1.65. The fourth-order valence-electron chi connectivity index (χ4n) is 2.25. The maximum Gasteiger partial charge on any atom is 0.242 e. The van der Waals surface area contributed by atoms with Crippen molar-refractivity contribution in [3.8, 4) is 5.75 Å². The number of amides is 1. The third kappa shape index (κ3) is 3.12. The number of rotatable bonds is 6. The van der Waals surface area contributed by atoms with Crippen LogP contribution in [0.1, 0.15) is 38.7 Å². The first kappa shape index (κ1) is 14.9. The summed E-state index contributed by atoms with van der Waals surface area (Å²) >= 11 is 0. The van der Waals surface area contributed by atoms with Crippen LogP contribution in [0.3, 0.4) is 0 Å². The molecule has 1 aromatic rings. The van der Waals surface area contributed by atoms with Crippen molar-refractivity contribution in [2.24, 2.45) is 5.73 Å². The van der Waals surface area contributed by atoms with Crippen molar-refractivity contribution in [2.45, 2.75) is 51.2 Å². The molecule has 1 aliphatic carbocycles. The molecule has 20 heavy (non-hydrogen) atoms. The second-order valence-electron chi connectivity index (χ2n) is 5.75. The molecule has 4 heteroatoms. The van der Waals surface area contributed by atoms with Crippen molar-refractivity contribution in [3.05, 3.63) is 29.8 Å². The van der Waals surface area contributed by atoms with Crippen LogP contribution in [-0.2, 0) is 11.3 Å². The molecule has 1 amide bonds. The fourth-order valence-corrected chi connectivity index (χ4v) is 2.25. The first-order valence-corrected chi connectivity index (χ1v) is 7.21. The Kier molecular flexibility index (Phi) is 4.33. The van der Waals surface area contributed by atoms with E-state index in [4.69, 9.17) is 10.5 Å². The van der Waals surface area contributed by atoms with Gasteiger partial charge in [0.05, 0.1) is 12.6 Å². The predicted octanol–water partition coefficient (Wildman–Crippen LogP) is 2.31. The SMILES string of the molecule is CCC(C)(N)C(=O)N(Cc1ccccc1OC)C1CC1. The fraction of sp³-hybridized carbons (Fsp3) is 0.562. The van der Waals surface area contributed by atoms with E-state index in [-0.39, 0.29) is 5.91 Å². The van der Waals surface area contributed by atoms with Gasteiger partial charge < -0.3 is 15.4 Å². The Morgan fingerprint density at radius 2 is 2.10 bits per heavy atom. The molecule has 1 aliphatic rings. The standard InChI is InChI=1S/C16H24N2O2/c1-4-16(2,17)15(19)18(13-9-10-13)11-12-7-5-6-8-14(12)20-3/h5-8,13H,4,9-11,17H2,1-3H3. The molecule has 1 atom stereocenters. The van der Waals surface area contributed by atoms with Crippen molar-refractivity contribution in [3.63, 3.8) is 0 Å². The molecule has 2 rings (SSSR count). The van der Waals surface area contributed by atoms with Crippen LogP contribution in [0.5, 0.6) is 5.75 Å². The molecule has 2 N–H and O–H groups in total. The smallest absolute Gasteiger partial charge is 0.242 e. The minimum atomic E-state index is -0.787. The van der Waals surface area contributed by atoms with E-state index in [0.717, 1.165) is 24.2 Å². The van der Waals surface area contributed by atoms with Gasteiger partial charge in [-0.25, -0.2) is 0 Å². The second kappa shape index (κ2) is 5.83. The van der Waals surface area contributed by atoms with E-state index in [1.54, 1.807) is 7.11 Å². The van der Waals surface area contributed by atoms with Crippen LogP contribution in [0.4, 0.5) is 0 Å². The lowest BCUT2D eigenvalue weighted by atomic mass is 9.98. The minimum absolute atomic E-state index is 0.0356. The Balaban J connectivity index is 2.20. The molecule has 1 unspecified atom stereocenters. The van der Waals surface area contributed by atoms with Gasteiger partial charge in [-0.05, 0) is 32.3 Å². The van der Waals surface area contributed by atoms with Gasteiger partial charge in [0, 0.05) is 18.2 Å². The Morgan fingerprint density at radius 3 is 2.65 bits per heavy atom. The second-order valence-corrected chi connectivity index (χ2v) is 5.75. The van der Waals surface area contributed by atoms with E-state index in [1.165, 1.54) is 0 Å². The summed E-state index contributed by atoms with van der Waals surface area (Å²) in [5.41, 5.74) is 6.37. The Morgan fingerprint density at radius 1 is 1.45 bits per heavy atom. The summed E-state index contributed by atoms with van der Waals surface area (Å²) < 4.78 is 5.37. The van der Waals surface area contributed by atoms with Crippen LogP contribution in [0.15, 0.2) is 24.3 Å². The third-order valence-electron chi connectivity index (χ3n) is 4.00. The average molecular weight is 276 g/mol. The number of hydrogen-bond acceptors (Lipinski definition) is 3. The maximum absolute atomic E-state index is 12.6. The zero-order valence-corrected chi connectivity index (χ0v) is 12.6. The topological polar surface area (TPSA) is 55.6 Å². The highest BCUT2D eigenvalue weighted by Crippen LogP contribution is 2.32. The lowest BCUT2D eigenvalue weighted by Gasteiger charge is -2.31. The third-order valence-corrected chi connectivity index (χ3v) is 4.00. The van der Waals surface area contributed by atoms with E-state index in [0.29, 0.717) is 19.0 Å². The number of para-hydroxylation sites is 1. The van der Waals surface area contributed by atoms with Crippen molar-refractivity contribution in [2.75, 3.05) is 7.11 Å². The molecule has 0 saturated heterocycles. The zero-order chi connectivity index (χ0) is 14.8. The first-order valence-electron chi connectivity index (χ1n) is 7.21. The molecular weight excluding hydrogens is 252 g/mol. The summed E-state index contributed by atoms with van der Waals surface area (Å²) in [6.07, 6.45) is 2.78. The first-order chi connectivity index (χ1) is 9.49. The van der Waals surface area contributed by atoms with Crippen LogP contribution >= 0.6 is 0 Å². The van der Waals surface area contributed by atoms with Gasteiger partial charge in [0.1, 0.15) is 5.75 Å². The van der Waals surface area contributed by atoms with Crippen molar-refractivity contribution >= 4 is 5.91 Å². The molecule has 0 aromatic heterocycles. The van der Waals surface area contributed by atoms with E-state index in [2.05, 4.69) is 0 Å². The van der Waals surface area contributed by atoms with E-state index in [1.807, 2.05) is 43.0 Å². The van der Waals surface area contributed by atoms with Gasteiger partial charge in [0.15, 0.2) is 0 Å². The molecule has 1 saturated carbocycles. The molecule has 110 valence electrons. The van der Waals surface area contributed by atoms with E-state index >= 15 is 0 Å². The van der Waals surface area contributed by atoms with Gasteiger partial charge in [-0.1, -0.05) is 25.1 Å². The number of carbonyl (C=O) groups is 1. The van der Waals surface area contributed by atoms with Crippen LogP contribution in [0.25, 0.3) is 0 Å². The highest BCUT2D eigenvalue weighted by atomic mass is 16.5. The number of ether oxygens (including phenoxy) is 1. The molecule has 1 fully saturated rings. The number of methoxy groups -OCH3 is 1. The zero-order valence-electron chi connectivity index (χ0n) is 12.6. The monoisotopic (exact) mass is 276 g/mol. The Hall–Kier alpha value is -1.55. The van der Waals surface area contributed by atoms with Crippen LogP contribution < -0.4 is 10.5 Å². The van der Waals surface area contributed by atoms with Gasteiger partial charge in [0.2, 0.25) is 5.91 Å². The molecule has 1 aromatic carbocycles. The summed E-state index contributed by atoms with van der Waals surface area (Å²) in [5.74, 6) is 0.856. The molecular formula is C16H24N2O2. The summed E-state index contributed by atoms with van der Waals surface area (Å²) in [6.45, 7) is 4.33. The van der Waals surface area contributed by atoms with E-state index < -0.39 is 5.54 Å². The summed E-state index contributed by atoms with van der Waals surface area (Å²) in [6, 6.07) is 8.16. The molecule has 0 heterocycles. The van der Waals surface area contributed by atoms with Gasteiger partial charge >= 0.3 is 0 Å². The highest BCUT2D eigenvalue weighted by Gasteiger charge is 2.39. The lowest BCUT2D eigenvalue weighted by Crippen LogP contribution is -2.53. The van der Waals surface area contributed by atoms with Crippen LogP contribution in [0.2, 0.25) is 0 Å². The van der Waals surface area contributed by atoms with Gasteiger partial charge in [-0.15, -0.1) is 0 Å². The van der Waals surface area contributed by atoms with E-state index in [9.17, 15) is 4.79 Å². The quantitative estimate of drug-likeness (QED) is 0.867. The lowest BCUT2D eigenvalue weighted by molar-refractivity contribution is -0.137.